The standard InChI is InChI=1S/C21H17ClF3N3O3S3/c1-12-19(13-4-6-14(7-5-13)21(23,24)25)27-17(32-12)11-26-20(29)15-3-2-10-28(15)34(30,31)18-9-8-16(22)33-18/h2-9,15H,10-11H2,1H3,(H,26,29)/t15-/m0/s1. The number of alkyl halides is 3. The molecular weight excluding hydrogens is 531 g/mol. The molecule has 3 aromatic rings. The summed E-state index contributed by atoms with van der Waals surface area (Å²) < 4.78 is 65.7. The minimum absolute atomic E-state index is 0.0496. The van der Waals surface area contributed by atoms with Gasteiger partial charge in [0.25, 0.3) is 10.0 Å². The molecule has 13 heteroatoms. The summed E-state index contributed by atoms with van der Waals surface area (Å²) in [6.45, 7) is 1.90. The smallest absolute Gasteiger partial charge is 0.348 e. The molecule has 34 heavy (non-hydrogen) atoms. The van der Waals surface area contributed by atoms with Crippen molar-refractivity contribution in [2.75, 3.05) is 6.54 Å². The Hall–Kier alpha value is -2.25. The van der Waals surface area contributed by atoms with E-state index in [0.29, 0.717) is 20.6 Å². The lowest BCUT2D eigenvalue weighted by molar-refractivity contribution is -0.137. The first-order valence-corrected chi connectivity index (χ1v) is 13.3. The fraction of sp³-hybridized carbons (Fsp3) is 0.238. The normalized spacial score (nSPS) is 16.8. The minimum Gasteiger partial charge on any atom is -0.348 e. The number of carbonyl (C=O) groups excluding carboxylic acids is 1. The summed E-state index contributed by atoms with van der Waals surface area (Å²) in [6.07, 6.45) is -1.30. The monoisotopic (exact) mass is 547 g/mol. The number of amides is 1. The first-order chi connectivity index (χ1) is 16.0. The van der Waals surface area contributed by atoms with Crippen molar-refractivity contribution in [2.24, 2.45) is 0 Å². The summed E-state index contributed by atoms with van der Waals surface area (Å²) >= 11 is 8.08. The Morgan fingerprint density at radius 3 is 2.53 bits per heavy atom. The second-order valence-corrected chi connectivity index (χ2v) is 12.4. The van der Waals surface area contributed by atoms with Crippen molar-refractivity contribution in [2.45, 2.75) is 29.9 Å². The average molecular weight is 548 g/mol. The highest BCUT2D eigenvalue weighted by molar-refractivity contribution is 7.91. The van der Waals surface area contributed by atoms with E-state index < -0.39 is 33.7 Å². The van der Waals surface area contributed by atoms with Gasteiger partial charge in [-0.05, 0) is 31.2 Å². The van der Waals surface area contributed by atoms with Gasteiger partial charge in [-0.2, -0.15) is 17.5 Å². The van der Waals surface area contributed by atoms with E-state index in [-0.39, 0.29) is 17.3 Å². The van der Waals surface area contributed by atoms with Gasteiger partial charge >= 0.3 is 6.18 Å². The zero-order valence-electron chi connectivity index (χ0n) is 17.5. The maximum Gasteiger partial charge on any atom is 0.416 e. The Kier molecular flexibility index (Phi) is 6.89. The summed E-state index contributed by atoms with van der Waals surface area (Å²) in [6, 6.07) is 6.58. The quantitative estimate of drug-likeness (QED) is 0.436. The third-order valence-corrected chi connectivity index (χ3v) is 9.55. The first-order valence-electron chi connectivity index (χ1n) is 9.82. The number of thiazole rings is 1. The lowest BCUT2D eigenvalue weighted by atomic mass is 10.1. The number of benzene rings is 1. The van der Waals surface area contributed by atoms with Crippen LogP contribution in [0.3, 0.4) is 0 Å². The Morgan fingerprint density at radius 2 is 1.91 bits per heavy atom. The molecule has 0 radical (unpaired) electrons. The molecule has 0 fully saturated rings. The molecule has 1 aliphatic rings. The summed E-state index contributed by atoms with van der Waals surface area (Å²) in [5.74, 6) is -0.510. The van der Waals surface area contributed by atoms with Crippen molar-refractivity contribution in [3.8, 4) is 11.3 Å². The number of halogens is 4. The van der Waals surface area contributed by atoms with Crippen LogP contribution in [-0.4, -0.2) is 36.2 Å². The van der Waals surface area contributed by atoms with Crippen LogP contribution in [0.15, 0.2) is 52.8 Å². The van der Waals surface area contributed by atoms with Gasteiger partial charge in [0, 0.05) is 17.0 Å². The van der Waals surface area contributed by atoms with Gasteiger partial charge in [-0.15, -0.1) is 22.7 Å². The average Bonchev–Trinajstić information content (AvgIpc) is 3.51. The van der Waals surface area contributed by atoms with Gasteiger partial charge in [0.1, 0.15) is 15.3 Å². The third kappa shape index (κ3) is 5.05. The SMILES string of the molecule is Cc1sc(CNC(=O)[C@@H]2C=CCN2S(=O)(=O)c2ccc(Cl)s2)nc1-c1ccc(C(F)(F)F)cc1. The molecule has 2 aromatic heterocycles. The predicted molar refractivity (Wildman–Crippen MR) is 125 cm³/mol. The van der Waals surface area contributed by atoms with Gasteiger partial charge < -0.3 is 5.32 Å². The zero-order valence-corrected chi connectivity index (χ0v) is 20.7. The third-order valence-electron chi connectivity index (χ3n) is 5.03. The molecule has 180 valence electrons. The number of hydrogen-bond acceptors (Lipinski definition) is 6. The molecule has 1 aromatic carbocycles. The largest absolute Gasteiger partial charge is 0.416 e. The number of carbonyl (C=O) groups is 1. The predicted octanol–water partition coefficient (Wildman–Crippen LogP) is 5.10. The van der Waals surface area contributed by atoms with Crippen molar-refractivity contribution in [3.63, 3.8) is 0 Å². The van der Waals surface area contributed by atoms with E-state index in [1.165, 1.54) is 41.7 Å². The Balaban J connectivity index is 1.45. The summed E-state index contributed by atoms with van der Waals surface area (Å²) in [5, 5.41) is 3.24. The van der Waals surface area contributed by atoms with E-state index in [4.69, 9.17) is 11.6 Å². The minimum atomic E-state index is -4.42. The molecule has 1 aliphatic heterocycles. The topological polar surface area (TPSA) is 79.4 Å². The summed E-state index contributed by atoms with van der Waals surface area (Å²) in [7, 11) is -3.90. The highest BCUT2D eigenvalue weighted by atomic mass is 35.5. The molecule has 0 bridgehead atoms. The summed E-state index contributed by atoms with van der Waals surface area (Å²) in [5.41, 5.74) is 0.318. The fourth-order valence-corrected chi connectivity index (χ4v) is 7.41. The molecular formula is C21H17ClF3N3O3S3. The Morgan fingerprint density at radius 1 is 1.21 bits per heavy atom. The number of nitrogens with one attached hydrogen (secondary N) is 1. The Labute approximate surface area is 206 Å². The molecule has 3 heterocycles. The van der Waals surface area contributed by atoms with Gasteiger partial charge in [-0.3, -0.25) is 4.79 Å². The molecule has 0 unspecified atom stereocenters. The van der Waals surface area contributed by atoms with E-state index in [1.807, 2.05) is 0 Å². The van der Waals surface area contributed by atoms with Crippen LogP contribution in [0.2, 0.25) is 4.34 Å². The number of aryl methyl sites for hydroxylation is 1. The maximum atomic E-state index is 12.9. The molecule has 0 saturated heterocycles. The molecule has 1 N–H and O–H groups in total. The second-order valence-electron chi connectivity index (χ2n) is 7.31. The van der Waals surface area contributed by atoms with Crippen LogP contribution in [0.1, 0.15) is 15.4 Å². The van der Waals surface area contributed by atoms with Crippen molar-refractivity contribution >= 4 is 50.2 Å². The lowest BCUT2D eigenvalue weighted by Crippen LogP contribution is -2.45. The highest BCUT2D eigenvalue weighted by Gasteiger charge is 2.37. The van der Waals surface area contributed by atoms with Gasteiger partial charge in [-0.1, -0.05) is 35.9 Å². The van der Waals surface area contributed by atoms with Gasteiger partial charge in [0.2, 0.25) is 5.91 Å². The number of rotatable bonds is 6. The molecule has 0 saturated carbocycles. The molecule has 4 rings (SSSR count). The van der Waals surface area contributed by atoms with Crippen LogP contribution >= 0.6 is 34.3 Å². The van der Waals surface area contributed by atoms with E-state index in [1.54, 1.807) is 13.0 Å². The number of thiophene rings is 1. The van der Waals surface area contributed by atoms with Gasteiger partial charge in [0.05, 0.1) is 22.1 Å². The van der Waals surface area contributed by atoms with E-state index in [2.05, 4.69) is 10.3 Å². The van der Waals surface area contributed by atoms with Crippen LogP contribution in [-0.2, 0) is 27.5 Å². The van der Waals surface area contributed by atoms with E-state index in [9.17, 15) is 26.4 Å². The van der Waals surface area contributed by atoms with Crippen LogP contribution in [0.25, 0.3) is 11.3 Å². The van der Waals surface area contributed by atoms with Crippen molar-refractivity contribution in [1.29, 1.82) is 0 Å². The van der Waals surface area contributed by atoms with Crippen LogP contribution in [0.5, 0.6) is 0 Å². The van der Waals surface area contributed by atoms with E-state index >= 15 is 0 Å². The number of aromatic nitrogens is 1. The number of hydrogen-bond donors (Lipinski definition) is 1. The maximum absolute atomic E-state index is 12.9. The zero-order chi connectivity index (χ0) is 24.7. The highest BCUT2D eigenvalue weighted by Crippen LogP contribution is 2.33. The summed E-state index contributed by atoms with van der Waals surface area (Å²) in [4.78, 5) is 18.0. The number of sulfonamides is 1. The first kappa shape index (κ1) is 24.9. The molecule has 1 atom stereocenters. The van der Waals surface area contributed by atoms with Crippen LogP contribution < -0.4 is 5.32 Å². The van der Waals surface area contributed by atoms with Gasteiger partial charge in [0.15, 0.2) is 0 Å². The van der Waals surface area contributed by atoms with Gasteiger partial charge in [-0.25, -0.2) is 13.4 Å². The fourth-order valence-electron chi connectivity index (χ4n) is 3.40. The Bertz CT molecular complexity index is 1350. The molecule has 1 amide bonds. The van der Waals surface area contributed by atoms with Crippen molar-refractivity contribution < 1.29 is 26.4 Å². The van der Waals surface area contributed by atoms with Crippen LogP contribution in [0, 0.1) is 6.92 Å². The second kappa shape index (κ2) is 9.42. The molecule has 6 nitrogen and oxygen atoms in total. The molecule has 0 aliphatic carbocycles. The van der Waals surface area contributed by atoms with E-state index in [0.717, 1.165) is 32.7 Å². The lowest BCUT2D eigenvalue weighted by Gasteiger charge is -2.22. The van der Waals surface area contributed by atoms with Crippen LogP contribution in [0.4, 0.5) is 13.2 Å². The molecule has 0 spiro atoms. The number of nitrogens with zero attached hydrogens (tertiary/aromatic N) is 2. The van der Waals surface area contributed by atoms with Crippen molar-refractivity contribution in [1.82, 2.24) is 14.6 Å². The van der Waals surface area contributed by atoms with Crippen molar-refractivity contribution in [3.05, 3.63) is 68.3 Å².